The fourth-order valence-corrected chi connectivity index (χ4v) is 3.08. The first-order valence-corrected chi connectivity index (χ1v) is 8.41. The number of nitrogens with one attached hydrogen (secondary N) is 2. The lowest BCUT2D eigenvalue weighted by atomic mass is 10.0. The van der Waals surface area contributed by atoms with Gasteiger partial charge in [0.1, 0.15) is 11.9 Å². The Morgan fingerprint density at radius 3 is 2.71 bits per heavy atom. The first-order chi connectivity index (χ1) is 11.7. The number of carbonyl (C=O) groups is 1. The highest BCUT2D eigenvalue weighted by atomic mass is 19.1. The molecule has 2 N–H and O–H groups in total. The number of carbonyl (C=O) groups excluding carboxylic acids is 1. The molecule has 2 fully saturated rings. The lowest BCUT2D eigenvalue weighted by Crippen LogP contribution is -2.50. The summed E-state index contributed by atoms with van der Waals surface area (Å²) in [6, 6.07) is 6.47. The van der Waals surface area contributed by atoms with Crippen LogP contribution in [0.15, 0.2) is 24.3 Å². The molecule has 6 nitrogen and oxygen atoms in total. The van der Waals surface area contributed by atoms with Gasteiger partial charge < -0.3 is 20.1 Å². The van der Waals surface area contributed by atoms with Gasteiger partial charge in [0.15, 0.2) is 0 Å². The van der Waals surface area contributed by atoms with Gasteiger partial charge in [0.05, 0.1) is 25.9 Å². The molecule has 2 heterocycles. The number of nitrogens with zero attached hydrogens (tertiary/aromatic N) is 1. The molecule has 0 saturated carbocycles. The molecule has 2 aliphatic heterocycles. The minimum atomic E-state index is -0.447. The molecule has 1 amide bonds. The Balaban J connectivity index is 1.64. The van der Waals surface area contributed by atoms with Crippen LogP contribution in [0.3, 0.4) is 0 Å². The Morgan fingerprint density at radius 1 is 1.29 bits per heavy atom. The molecule has 0 aromatic heterocycles. The van der Waals surface area contributed by atoms with Crippen LogP contribution in [-0.4, -0.2) is 69.5 Å². The quantitative estimate of drug-likeness (QED) is 0.809. The van der Waals surface area contributed by atoms with Gasteiger partial charge in [-0.3, -0.25) is 9.69 Å². The number of amides is 1. The van der Waals surface area contributed by atoms with Crippen molar-refractivity contribution in [2.24, 2.45) is 0 Å². The summed E-state index contributed by atoms with van der Waals surface area (Å²) in [6.07, 6.45) is -0.447. The third-order valence-corrected chi connectivity index (χ3v) is 4.43. The van der Waals surface area contributed by atoms with Gasteiger partial charge in [0.2, 0.25) is 0 Å². The predicted molar refractivity (Wildman–Crippen MR) is 87.2 cm³/mol. The maximum absolute atomic E-state index is 13.2. The highest BCUT2D eigenvalue weighted by Crippen LogP contribution is 2.21. The van der Waals surface area contributed by atoms with E-state index in [2.05, 4.69) is 15.5 Å². The van der Waals surface area contributed by atoms with Gasteiger partial charge in [-0.05, 0) is 17.7 Å². The standard InChI is InChI=1S/C17H24FN3O3/c18-14-3-1-13(2-4-14)15(21-6-9-23-10-7-21)11-20-17(22)16-12-19-5-8-24-16/h1-4,15-16,19H,5-12H2,(H,20,22). The van der Waals surface area contributed by atoms with E-state index < -0.39 is 6.10 Å². The topological polar surface area (TPSA) is 62.8 Å². The molecule has 1 aromatic carbocycles. The van der Waals surface area contributed by atoms with Crippen LogP contribution in [0.2, 0.25) is 0 Å². The minimum Gasteiger partial charge on any atom is -0.379 e. The Labute approximate surface area is 141 Å². The van der Waals surface area contributed by atoms with Crippen LogP contribution in [0.1, 0.15) is 11.6 Å². The van der Waals surface area contributed by atoms with E-state index in [1.807, 2.05) is 0 Å². The second-order valence-electron chi connectivity index (χ2n) is 6.02. The van der Waals surface area contributed by atoms with E-state index in [1.165, 1.54) is 12.1 Å². The first-order valence-electron chi connectivity index (χ1n) is 8.41. The monoisotopic (exact) mass is 337 g/mol. The molecule has 24 heavy (non-hydrogen) atoms. The van der Waals surface area contributed by atoms with Gasteiger partial charge in [0, 0.05) is 32.7 Å². The van der Waals surface area contributed by atoms with Crippen molar-refractivity contribution in [3.8, 4) is 0 Å². The van der Waals surface area contributed by atoms with E-state index >= 15 is 0 Å². The van der Waals surface area contributed by atoms with Crippen molar-refractivity contribution >= 4 is 5.91 Å². The highest BCUT2D eigenvalue weighted by Gasteiger charge is 2.26. The van der Waals surface area contributed by atoms with Crippen molar-refractivity contribution in [3.63, 3.8) is 0 Å². The maximum atomic E-state index is 13.2. The minimum absolute atomic E-state index is 0.00463. The lowest BCUT2D eigenvalue weighted by molar-refractivity contribution is -0.134. The van der Waals surface area contributed by atoms with Crippen LogP contribution in [0.4, 0.5) is 4.39 Å². The lowest BCUT2D eigenvalue weighted by Gasteiger charge is -2.35. The molecular weight excluding hydrogens is 313 g/mol. The molecule has 2 saturated heterocycles. The van der Waals surface area contributed by atoms with Gasteiger partial charge in [-0.25, -0.2) is 4.39 Å². The van der Waals surface area contributed by atoms with Gasteiger partial charge in [-0.1, -0.05) is 12.1 Å². The Kier molecular flexibility index (Phi) is 6.14. The number of hydrogen-bond donors (Lipinski definition) is 2. The van der Waals surface area contributed by atoms with Gasteiger partial charge in [-0.2, -0.15) is 0 Å². The molecule has 0 spiro atoms. The summed E-state index contributed by atoms with van der Waals surface area (Å²) in [5.41, 5.74) is 0.987. The van der Waals surface area contributed by atoms with Crippen LogP contribution in [0.5, 0.6) is 0 Å². The summed E-state index contributed by atoms with van der Waals surface area (Å²) in [7, 11) is 0. The van der Waals surface area contributed by atoms with Crippen molar-refractivity contribution in [2.75, 3.05) is 52.5 Å². The average Bonchev–Trinajstić information content (AvgIpc) is 2.65. The molecule has 3 rings (SSSR count). The van der Waals surface area contributed by atoms with Gasteiger partial charge >= 0.3 is 0 Å². The van der Waals surface area contributed by atoms with Crippen LogP contribution in [0, 0.1) is 5.82 Å². The van der Waals surface area contributed by atoms with Gasteiger partial charge in [0.25, 0.3) is 5.91 Å². The van der Waals surface area contributed by atoms with Crippen molar-refractivity contribution in [2.45, 2.75) is 12.1 Å². The zero-order chi connectivity index (χ0) is 16.8. The summed E-state index contributed by atoms with van der Waals surface area (Å²) < 4.78 is 24.1. The zero-order valence-corrected chi connectivity index (χ0v) is 13.7. The van der Waals surface area contributed by atoms with Crippen LogP contribution < -0.4 is 10.6 Å². The molecule has 0 radical (unpaired) electrons. The Morgan fingerprint density at radius 2 is 2.04 bits per heavy atom. The molecule has 0 bridgehead atoms. The van der Waals surface area contributed by atoms with E-state index in [-0.39, 0.29) is 17.8 Å². The van der Waals surface area contributed by atoms with Crippen molar-refractivity contribution in [3.05, 3.63) is 35.6 Å². The fourth-order valence-electron chi connectivity index (χ4n) is 3.08. The largest absolute Gasteiger partial charge is 0.379 e. The number of rotatable bonds is 5. The van der Waals surface area contributed by atoms with E-state index in [4.69, 9.17) is 9.47 Å². The third-order valence-electron chi connectivity index (χ3n) is 4.43. The number of benzene rings is 1. The number of hydrogen-bond acceptors (Lipinski definition) is 5. The summed E-state index contributed by atoms with van der Waals surface area (Å²) in [5.74, 6) is -0.368. The number of ether oxygens (including phenoxy) is 2. The Hall–Kier alpha value is -1.54. The second-order valence-corrected chi connectivity index (χ2v) is 6.02. The smallest absolute Gasteiger partial charge is 0.250 e. The van der Waals surface area contributed by atoms with Crippen LogP contribution in [0.25, 0.3) is 0 Å². The summed E-state index contributed by atoms with van der Waals surface area (Å²) in [6.45, 7) is 5.23. The van der Waals surface area contributed by atoms with Crippen molar-refractivity contribution in [1.82, 2.24) is 15.5 Å². The zero-order valence-electron chi connectivity index (χ0n) is 13.7. The van der Waals surface area contributed by atoms with E-state index in [0.717, 1.165) is 25.2 Å². The SMILES string of the molecule is O=C(NCC(c1ccc(F)cc1)N1CCOCC1)C1CNCCO1. The summed E-state index contributed by atoms with van der Waals surface area (Å²) in [5, 5.41) is 6.13. The second kappa shape index (κ2) is 8.53. The van der Waals surface area contributed by atoms with Crippen LogP contribution >= 0.6 is 0 Å². The van der Waals surface area contributed by atoms with Crippen LogP contribution in [-0.2, 0) is 14.3 Å². The molecule has 1 aromatic rings. The fraction of sp³-hybridized carbons (Fsp3) is 0.588. The molecule has 132 valence electrons. The molecule has 2 unspecified atom stereocenters. The third kappa shape index (κ3) is 4.51. The van der Waals surface area contributed by atoms with Gasteiger partial charge in [-0.15, -0.1) is 0 Å². The number of halogens is 1. The van der Waals surface area contributed by atoms with Crippen molar-refractivity contribution < 1.29 is 18.7 Å². The molecule has 2 aliphatic rings. The summed E-state index contributed by atoms with van der Waals surface area (Å²) >= 11 is 0. The predicted octanol–water partition coefficient (Wildman–Crippen LogP) is 0.304. The van der Waals surface area contributed by atoms with E-state index in [9.17, 15) is 9.18 Å². The molecule has 0 aliphatic carbocycles. The molecular formula is C17H24FN3O3. The molecule has 2 atom stereocenters. The van der Waals surface area contributed by atoms with Crippen molar-refractivity contribution in [1.29, 1.82) is 0 Å². The van der Waals surface area contributed by atoms with E-state index in [1.54, 1.807) is 12.1 Å². The normalized spacial score (nSPS) is 23.6. The highest BCUT2D eigenvalue weighted by molar-refractivity contribution is 5.81. The summed E-state index contributed by atoms with van der Waals surface area (Å²) in [4.78, 5) is 14.6. The Bertz CT molecular complexity index is 528. The van der Waals surface area contributed by atoms with E-state index in [0.29, 0.717) is 32.9 Å². The molecule has 7 heteroatoms. The first kappa shape index (κ1) is 17.3. The number of morpholine rings is 2. The maximum Gasteiger partial charge on any atom is 0.250 e. The average molecular weight is 337 g/mol.